The Morgan fingerprint density at radius 3 is 2.00 bits per heavy atom. The summed E-state index contributed by atoms with van der Waals surface area (Å²) in [6.07, 6.45) is -0.674. The summed E-state index contributed by atoms with van der Waals surface area (Å²) in [6, 6.07) is 11.1. The molecule has 0 bridgehead atoms. The van der Waals surface area contributed by atoms with Gasteiger partial charge in [0.1, 0.15) is 23.4 Å². The summed E-state index contributed by atoms with van der Waals surface area (Å²) in [4.78, 5) is 39.2. The summed E-state index contributed by atoms with van der Waals surface area (Å²) >= 11 is 0. The maximum atomic E-state index is 12.3. The molecule has 2 aromatic rings. The van der Waals surface area contributed by atoms with Crippen LogP contribution in [0.25, 0.3) is 0 Å². The largest absolute Gasteiger partial charge is 0.508 e. The minimum atomic E-state index is -1.19. The first kappa shape index (κ1) is 28.2. The van der Waals surface area contributed by atoms with Crippen LogP contribution < -0.4 is 15.5 Å². The highest BCUT2D eigenvalue weighted by Gasteiger charge is 2.26. The molecule has 2 rings (SSSR count). The Hall–Kier alpha value is -3.79. The molecule has 186 valence electrons. The van der Waals surface area contributed by atoms with Crippen molar-refractivity contribution < 1.29 is 39.5 Å². The lowest BCUT2D eigenvalue weighted by Crippen LogP contribution is -2.52. The van der Waals surface area contributed by atoms with Crippen LogP contribution in [0, 0.1) is 6.92 Å². The molecule has 0 saturated heterocycles. The molecule has 0 radical (unpaired) electrons. The normalized spacial score (nSPS) is 12.3. The molecule has 0 heterocycles. The van der Waals surface area contributed by atoms with Gasteiger partial charge in [-0.15, -0.1) is 0 Å². The van der Waals surface area contributed by atoms with Crippen molar-refractivity contribution in [2.75, 3.05) is 0 Å². The standard InChI is InChI=1S/C17H24N2O6.C7H8O2/c1-10(15(22)23)18-14(21)13(19-16(24)25-17(2,3)4)9-11-5-7-12(20)8-6-11;1-6-2-4-7(9-8)5-3-6/h5-8,10,13,20H,9H2,1-4H3,(H,18,21)(H,19,24)(H,22,23);2-5,8H,1H3. The average molecular weight is 477 g/mol. The first-order valence-corrected chi connectivity index (χ1v) is 10.5. The molecule has 0 aromatic heterocycles. The molecule has 0 aliphatic heterocycles. The Bertz CT molecular complexity index is 937. The van der Waals surface area contributed by atoms with Crippen molar-refractivity contribution >= 4 is 18.0 Å². The van der Waals surface area contributed by atoms with E-state index in [0.29, 0.717) is 11.3 Å². The number of amides is 2. The van der Waals surface area contributed by atoms with E-state index in [2.05, 4.69) is 15.5 Å². The van der Waals surface area contributed by atoms with Gasteiger partial charge >= 0.3 is 12.1 Å². The second-order valence-corrected chi connectivity index (χ2v) is 8.54. The lowest BCUT2D eigenvalue weighted by molar-refractivity contribution is -0.141. The number of rotatable bonds is 7. The molecule has 2 unspecified atom stereocenters. The number of aryl methyl sites for hydroxylation is 1. The van der Waals surface area contributed by atoms with E-state index in [0.717, 1.165) is 5.56 Å². The van der Waals surface area contributed by atoms with Gasteiger partial charge in [0, 0.05) is 6.42 Å². The number of carboxylic acids is 1. The fourth-order valence-corrected chi connectivity index (χ4v) is 2.50. The van der Waals surface area contributed by atoms with Gasteiger partial charge in [0.15, 0.2) is 5.75 Å². The number of benzene rings is 2. The van der Waals surface area contributed by atoms with Crippen LogP contribution >= 0.6 is 0 Å². The summed E-state index contributed by atoms with van der Waals surface area (Å²) in [5.41, 5.74) is 1.09. The summed E-state index contributed by atoms with van der Waals surface area (Å²) in [5.74, 6) is -1.28. The highest BCUT2D eigenvalue weighted by molar-refractivity contribution is 5.89. The number of aliphatic carboxylic acids is 1. The van der Waals surface area contributed by atoms with Crippen molar-refractivity contribution in [2.24, 2.45) is 0 Å². The van der Waals surface area contributed by atoms with E-state index in [4.69, 9.17) is 15.1 Å². The lowest BCUT2D eigenvalue weighted by Gasteiger charge is -2.24. The number of ether oxygens (including phenoxy) is 1. The fraction of sp³-hybridized carbons (Fsp3) is 0.375. The van der Waals surface area contributed by atoms with Gasteiger partial charge in [0.2, 0.25) is 5.91 Å². The monoisotopic (exact) mass is 476 g/mol. The van der Waals surface area contributed by atoms with Crippen LogP contribution in [0.15, 0.2) is 48.5 Å². The van der Waals surface area contributed by atoms with Gasteiger partial charge < -0.3 is 30.5 Å². The van der Waals surface area contributed by atoms with Crippen molar-refractivity contribution in [1.82, 2.24) is 10.6 Å². The highest BCUT2D eigenvalue weighted by atomic mass is 17.1. The second-order valence-electron chi connectivity index (χ2n) is 8.54. The SMILES string of the molecule is CC(NC(=O)C(Cc1ccc(O)cc1)NC(=O)OC(C)(C)C)C(=O)O.Cc1ccc(OO)cc1. The molecule has 0 spiro atoms. The summed E-state index contributed by atoms with van der Waals surface area (Å²) in [7, 11) is 0. The maximum absolute atomic E-state index is 12.3. The van der Waals surface area contributed by atoms with Crippen molar-refractivity contribution in [3.63, 3.8) is 0 Å². The minimum absolute atomic E-state index is 0.0735. The van der Waals surface area contributed by atoms with Crippen LogP contribution in [0.1, 0.15) is 38.8 Å². The van der Waals surface area contributed by atoms with E-state index < -0.39 is 35.7 Å². The number of carbonyl (C=O) groups excluding carboxylic acids is 2. The van der Waals surface area contributed by atoms with E-state index >= 15 is 0 Å². The molecule has 34 heavy (non-hydrogen) atoms. The molecule has 0 fully saturated rings. The Labute approximate surface area is 198 Å². The van der Waals surface area contributed by atoms with Crippen LogP contribution in [0.5, 0.6) is 11.5 Å². The average Bonchev–Trinajstić information content (AvgIpc) is 2.74. The topological polar surface area (TPSA) is 154 Å². The summed E-state index contributed by atoms with van der Waals surface area (Å²) < 4.78 is 5.14. The molecule has 10 nitrogen and oxygen atoms in total. The van der Waals surface area contributed by atoms with Gasteiger partial charge in [-0.3, -0.25) is 9.59 Å². The zero-order valence-electron chi connectivity index (χ0n) is 19.9. The Morgan fingerprint density at radius 2 is 1.53 bits per heavy atom. The van der Waals surface area contributed by atoms with Crippen molar-refractivity contribution in [1.29, 1.82) is 0 Å². The number of hydrogen-bond donors (Lipinski definition) is 5. The van der Waals surface area contributed by atoms with Gasteiger partial charge in [0.25, 0.3) is 0 Å². The smallest absolute Gasteiger partial charge is 0.408 e. The van der Waals surface area contributed by atoms with E-state index in [1.165, 1.54) is 19.1 Å². The zero-order chi connectivity index (χ0) is 25.9. The number of carbonyl (C=O) groups is 3. The lowest BCUT2D eigenvalue weighted by atomic mass is 10.0. The summed E-state index contributed by atoms with van der Waals surface area (Å²) in [5, 5.41) is 31.1. The van der Waals surface area contributed by atoms with Gasteiger partial charge in [0.05, 0.1) is 0 Å². The molecule has 0 aliphatic rings. The number of nitrogens with one attached hydrogen (secondary N) is 2. The molecule has 2 aromatic carbocycles. The number of phenols is 1. The minimum Gasteiger partial charge on any atom is -0.508 e. The first-order valence-electron chi connectivity index (χ1n) is 10.5. The molecular weight excluding hydrogens is 444 g/mol. The summed E-state index contributed by atoms with van der Waals surface area (Å²) in [6.45, 7) is 8.36. The van der Waals surface area contributed by atoms with Crippen LogP contribution in [0.4, 0.5) is 4.79 Å². The first-order chi connectivity index (χ1) is 15.8. The molecule has 2 atom stereocenters. The van der Waals surface area contributed by atoms with Crippen molar-refractivity contribution in [3.05, 3.63) is 59.7 Å². The zero-order valence-corrected chi connectivity index (χ0v) is 19.9. The third-order valence-corrected chi connectivity index (χ3v) is 4.24. The van der Waals surface area contributed by atoms with Crippen molar-refractivity contribution in [3.8, 4) is 11.5 Å². The van der Waals surface area contributed by atoms with E-state index in [-0.39, 0.29) is 12.2 Å². The fourth-order valence-electron chi connectivity index (χ4n) is 2.50. The Kier molecular flexibility index (Phi) is 10.8. The van der Waals surface area contributed by atoms with Gasteiger partial charge in [-0.25, -0.2) is 10.1 Å². The third kappa shape index (κ3) is 11.2. The van der Waals surface area contributed by atoms with Crippen LogP contribution in [-0.2, 0) is 20.7 Å². The van der Waals surface area contributed by atoms with Crippen molar-refractivity contribution in [2.45, 2.75) is 58.7 Å². The number of carboxylic acid groups (broad SMARTS) is 1. The van der Waals surface area contributed by atoms with Crippen LogP contribution in [-0.4, -0.2) is 51.1 Å². The molecule has 5 N–H and O–H groups in total. The number of hydrogen-bond acceptors (Lipinski definition) is 7. The molecule has 0 saturated carbocycles. The Balaban J connectivity index is 0.000000533. The molecule has 10 heteroatoms. The molecule has 0 aliphatic carbocycles. The van der Waals surface area contributed by atoms with E-state index in [9.17, 15) is 19.5 Å². The maximum Gasteiger partial charge on any atom is 0.408 e. The third-order valence-electron chi connectivity index (χ3n) is 4.24. The van der Waals surface area contributed by atoms with E-state index in [1.807, 2.05) is 19.1 Å². The Morgan fingerprint density at radius 1 is 0.971 bits per heavy atom. The number of phenolic OH excluding ortho intramolecular Hbond substituents is 1. The molecular formula is C24H32N2O8. The predicted molar refractivity (Wildman–Crippen MR) is 125 cm³/mol. The van der Waals surface area contributed by atoms with E-state index in [1.54, 1.807) is 45.0 Å². The van der Waals surface area contributed by atoms with Crippen LogP contribution in [0.3, 0.4) is 0 Å². The van der Waals surface area contributed by atoms with Gasteiger partial charge in [-0.05, 0) is 64.4 Å². The van der Waals surface area contributed by atoms with Crippen LogP contribution in [0.2, 0.25) is 0 Å². The number of aromatic hydroxyl groups is 1. The highest BCUT2D eigenvalue weighted by Crippen LogP contribution is 2.13. The van der Waals surface area contributed by atoms with Gasteiger partial charge in [-0.2, -0.15) is 0 Å². The second kappa shape index (κ2) is 13.0. The molecule has 2 amide bonds. The number of alkyl carbamates (subject to hydrolysis) is 1. The predicted octanol–water partition coefficient (Wildman–Crippen LogP) is 3.26. The quantitative estimate of drug-likeness (QED) is 0.301. The van der Waals surface area contributed by atoms with Gasteiger partial charge in [-0.1, -0.05) is 29.8 Å².